The number of hydrogen-bond acceptors (Lipinski definition) is 4. The zero-order valence-electron chi connectivity index (χ0n) is 15.5. The molecule has 0 aliphatic heterocycles. The van der Waals surface area contributed by atoms with Crippen LogP contribution in [0, 0.1) is 0 Å². The summed E-state index contributed by atoms with van der Waals surface area (Å²) in [6, 6.07) is 13.1. The van der Waals surface area contributed by atoms with E-state index in [1.165, 1.54) is 0 Å². The third-order valence-electron chi connectivity index (χ3n) is 3.79. The molecule has 0 unspecified atom stereocenters. The second-order valence-electron chi connectivity index (χ2n) is 6.13. The van der Waals surface area contributed by atoms with Crippen molar-refractivity contribution in [3.8, 4) is 5.75 Å². The molecule has 0 fully saturated rings. The van der Waals surface area contributed by atoms with Crippen LogP contribution in [0.3, 0.4) is 0 Å². The fourth-order valence-corrected chi connectivity index (χ4v) is 3.04. The van der Waals surface area contributed by atoms with Crippen LogP contribution in [0.2, 0.25) is 0 Å². The number of ether oxygens (including phenoxy) is 2. The van der Waals surface area contributed by atoms with Gasteiger partial charge in [0.15, 0.2) is 5.11 Å². The van der Waals surface area contributed by atoms with Gasteiger partial charge in [-0.1, -0.05) is 48.0 Å². The van der Waals surface area contributed by atoms with E-state index in [2.05, 4.69) is 40.4 Å². The molecule has 2 rings (SSSR count). The third kappa shape index (κ3) is 6.30. The van der Waals surface area contributed by atoms with Crippen molar-refractivity contribution in [2.24, 2.45) is 0 Å². The normalized spacial score (nSPS) is 10.6. The highest BCUT2D eigenvalue weighted by Gasteiger charge is 2.16. The van der Waals surface area contributed by atoms with Crippen molar-refractivity contribution in [2.45, 2.75) is 19.8 Å². The Morgan fingerprint density at radius 2 is 1.93 bits per heavy atom. The molecular weight excluding hydrogens is 428 g/mol. The molecule has 1 amide bonds. The van der Waals surface area contributed by atoms with Crippen molar-refractivity contribution in [3.05, 3.63) is 58.1 Å². The summed E-state index contributed by atoms with van der Waals surface area (Å²) in [7, 11) is 1.59. The van der Waals surface area contributed by atoms with E-state index in [-0.39, 0.29) is 11.0 Å². The SMILES string of the molecule is COCCOc1ccc(Br)cc1C(=O)NC(=S)Nc1ccccc1C(C)C. The smallest absolute Gasteiger partial charge is 0.261 e. The molecule has 0 aliphatic rings. The van der Waals surface area contributed by atoms with E-state index in [4.69, 9.17) is 21.7 Å². The highest BCUT2D eigenvalue weighted by atomic mass is 79.9. The summed E-state index contributed by atoms with van der Waals surface area (Å²) in [5.41, 5.74) is 2.39. The van der Waals surface area contributed by atoms with E-state index in [0.29, 0.717) is 30.4 Å². The maximum absolute atomic E-state index is 12.7. The van der Waals surface area contributed by atoms with Crippen LogP contribution in [0.4, 0.5) is 5.69 Å². The molecule has 5 nitrogen and oxygen atoms in total. The Labute approximate surface area is 173 Å². The molecule has 0 saturated carbocycles. The van der Waals surface area contributed by atoms with E-state index in [1.54, 1.807) is 19.2 Å². The minimum atomic E-state index is -0.344. The van der Waals surface area contributed by atoms with Gasteiger partial charge in [0.25, 0.3) is 5.91 Å². The summed E-state index contributed by atoms with van der Waals surface area (Å²) < 4.78 is 11.4. The van der Waals surface area contributed by atoms with Gasteiger partial charge in [0.1, 0.15) is 12.4 Å². The second kappa shape index (κ2) is 10.4. The van der Waals surface area contributed by atoms with Crippen LogP contribution < -0.4 is 15.4 Å². The number of halogens is 1. The predicted octanol–water partition coefficient (Wildman–Crippen LogP) is 4.72. The quantitative estimate of drug-likeness (QED) is 0.471. The number of amides is 1. The van der Waals surface area contributed by atoms with Crippen LogP contribution in [0.5, 0.6) is 5.75 Å². The largest absolute Gasteiger partial charge is 0.490 e. The highest BCUT2D eigenvalue weighted by Crippen LogP contribution is 2.25. The number of carbonyl (C=O) groups excluding carboxylic acids is 1. The first kappa shape index (κ1) is 21.3. The molecule has 0 aliphatic carbocycles. The summed E-state index contributed by atoms with van der Waals surface area (Å²) in [4.78, 5) is 12.7. The number of rotatable bonds is 7. The maximum atomic E-state index is 12.7. The lowest BCUT2D eigenvalue weighted by atomic mass is 10.0. The Hall–Kier alpha value is -1.96. The van der Waals surface area contributed by atoms with Crippen LogP contribution in [0.15, 0.2) is 46.9 Å². The summed E-state index contributed by atoms with van der Waals surface area (Å²) in [6.07, 6.45) is 0. The number of carbonyl (C=O) groups is 1. The lowest BCUT2D eigenvalue weighted by Gasteiger charge is -2.16. The van der Waals surface area contributed by atoms with Gasteiger partial charge in [-0.2, -0.15) is 0 Å². The zero-order valence-corrected chi connectivity index (χ0v) is 17.9. The Bertz CT molecular complexity index is 812. The van der Waals surface area contributed by atoms with Gasteiger partial charge in [0.05, 0.1) is 12.2 Å². The van der Waals surface area contributed by atoms with Crippen molar-refractivity contribution in [3.63, 3.8) is 0 Å². The number of benzene rings is 2. The van der Waals surface area contributed by atoms with Crippen LogP contribution in [0.1, 0.15) is 35.7 Å². The Balaban J connectivity index is 2.10. The molecule has 7 heteroatoms. The number of nitrogens with one attached hydrogen (secondary N) is 2. The second-order valence-corrected chi connectivity index (χ2v) is 7.46. The van der Waals surface area contributed by atoms with Gasteiger partial charge in [-0.25, -0.2) is 0 Å². The lowest BCUT2D eigenvalue weighted by Crippen LogP contribution is -2.34. The van der Waals surface area contributed by atoms with Gasteiger partial charge in [0.2, 0.25) is 0 Å². The summed E-state index contributed by atoms with van der Waals surface area (Å²) in [5, 5.41) is 6.06. The summed E-state index contributed by atoms with van der Waals surface area (Å²) in [5.74, 6) is 0.458. The highest BCUT2D eigenvalue weighted by molar-refractivity contribution is 9.10. The number of thiocarbonyl (C=S) groups is 1. The van der Waals surface area contributed by atoms with Crippen LogP contribution in [-0.2, 0) is 4.74 Å². The Kier molecular flexibility index (Phi) is 8.22. The first-order valence-corrected chi connectivity index (χ1v) is 9.75. The fourth-order valence-electron chi connectivity index (χ4n) is 2.48. The molecule has 0 saturated heterocycles. The first-order chi connectivity index (χ1) is 12.9. The van der Waals surface area contributed by atoms with Gasteiger partial charge in [-0.15, -0.1) is 0 Å². The van der Waals surface area contributed by atoms with Crippen molar-refractivity contribution in [1.29, 1.82) is 0 Å². The summed E-state index contributed by atoms with van der Waals surface area (Å²) in [6.45, 7) is 4.99. The molecule has 0 heterocycles. The van der Waals surface area contributed by atoms with Crippen molar-refractivity contribution >= 4 is 44.9 Å². The molecule has 2 aromatic carbocycles. The van der Waals surface area contributed by atoms with E-state index in [1.807, 2.05) is 30.3 Å². The lowest BCUT2D eigenvalue weighted by molar-refractivity contribution is 0.0969. The average Bonchev–Trinajstić information content (AvgIpc) is 2.63. The van der Waals surface area contributed by atoms with Crippen molar-refractivity contribution in [2.75, 3.05) is 25.6 Å². The van der Waals surface area contributed by atoms with Gasteiger partial charge in [-0.05, 0) is 48.0 Å². The minimum absolute atomic E-state index is 0.232. The Morgan fingerprint density at radius 1 is 1.19 bits per heavy atom. The molecule has 0 atom stereocenters. The zero-order chi connectivity index (χ0) is 19.8. The third-order valence-corrected chi connectivity index (χ3v) is 4.49. The van der Waals surface area contributed by atoms with Crippen molar-refractivity contribution < 1.29 is 14.3 Å². The molecular formula is C20H23BrN2O3S. The molecule has 27 heavy (non-hydrogen) atoms. The van der Waals surface area contributed by atoms with Crippen molar-refractivity contribution in [1.82, 2.24) is 5.32 Å². The van der Waals surface area contributed by atoms with Gasteiger partial charge in [0, 0.05) is 17.3 Å². The molecule has 2 N–H and O–H groups in total. The number of hydrogen-bond donors (Lipinski definition) is 2. The molecule has 0 bridgehead atoms. The van der Waals surface area contributed by atoms with E-state index >= 15 is 0 Å². The van der Waals surface area contributed by atoms with Crippen LogP contribution in [-0.4, -0.2) is 31.3 Å². The molecule has 2 aromatic rings. The predicted molar refractivity (Wildman–Crippen MR) is 116 cm³/mol. The van der Waals surface area contributed by atoms with E-state index < -0.39 is 0 Å². The number of anilines is 1. The number of methoxy groups -OCH3 is 1. The average molecular weight is 451 g/mol. The first-order valence-electron chi connectivity index (χ1n) is 8.55. The minimum Gasteiger partial charge on any atom is -0.490 e. The van der Waals surface area contributed by atoms with E-state index in [9.17, 15) is 4.79 Å². The van der Waals surface area contributed by atoms with Crippen LogP contribution >= 0.6 is 28.1 Å². The van der Waals surface area contributed by atoms with E-state index in [0.717, 1.165) is 15.7 Å². The maximum Gasteiger partial charge on any atom is 0.261 e. The Morgan fingerprint density at radius 3 is 2.63 bits per heavy atom. The fraction of sp³-hybridized carbons (Fsp3) is 0.300. The topological polar surface area (TPSA) is 59.6 Å². The molecule has 0 aromatic heterocycles. The van der Waals surface area contributed by atoms with Crippen LogP contribution in [0.25, 0.3) is 0 Å². The molecule has 0 radical (unpaired) electrons. The summed E-state index contributed by atoms with van der Waals surface area (Å²) >= 11 is 8.71. The van der Waals surface area contributed by atoms with Gasteiger partial charge < -0.3 is 14.8 Å². The number of para-hydroxylation sites is 1. The standard InChI is InChI=1S/C20H23BrN2O3S/c1-13(2)15-6-4-5-7-17(15)22-20(27)23-19(24)16-12-14(21)8-9-18(16)26-11-10-25-3/h4-9,12-13H,10-11H2,1-3H3,(H2,22,23,24,27). The van der Waals surface area contributed by atoms with Gasteiger partial charge >= 0.3 is 0 Å². The van der Waals surface area contributed by atoms with Gasteiger partial charge in [-0.3, -0.25) is 10.1 Å². The molecule has 144 valence electrons. The monoisotopic (exact) mass is 450 g/mol. The molecule has 0 spiro atoms.